The number of aliphatic hydroxyl groups is 1. The van der Waals surface area contributed by atoms with E-state index in [0.717, 1.165) is 44.3 Å². The van der Waals surface area contributed by atoms with Gasteiger partial charge < -0.3 is 20.3 Å². The standard InChI is InChI=1S/C16H23N3O4/c1-9(20)15(21)17-11-4-6-12(7-5-11)18-16(22)13-8-14(23-19-13)10-2-3-10/h8-12,20H,2-7H2,1H3,(H,17,21)(H,18,22). The summed E-state index contributed by atoms with van der Waals surface area (Å²) in [4.78, 5) is 23.6. The summed E-state index contributed by atoms with van der Waals surface area (Å²) in [6, 6.07) is 1.89. The Hall–Kier alpha value is -1.89. The largest absolute Gasteiger partial charge is 0.384 e. The van der Waals surface area contributed by atoms with Crippen LogP contribution in [-0.4, -0.2) is 40.3 Å². The van der Waals surface area contributed by atoms with E-state index in [1.807, 2.05) is 0 Å². The summed E-state index contributed by atoms with van der Waals surface area (Å²) < 4.78 is 5.20. The topological polar surface area (TPSA) is 104 Å². The maximum Gasteiger partial charge on any atom is 0.273 e. The Kier molecular flexibility index (Phi) is 4.66. The summed E-state index contributed by atoms with van der Waals surface area (Å²) in [5.41, 5.74) is 0.344. The van der Waals surface area contributed by atoms with Crippen LogP contribution in [0.15, 0.2) is 10.6 Å². The molecule has 0 radical (unpaired) electrons. The molecule has 1 unspecified atom stereocenters. The van der Waals surface area contributed by atoms with E-state index >= 15 is 0 Å². The molecule has 0 saturated heterocycles. The fourth-order valence-electron chi connectivity index (χ4n) is 2.92. The summed E-state index contributed by atoms with van der Waals surface area (Å²) in [6.45, 7) is 1.45. The molecule has 1 atom stereocenters. The van der Waals surface area contributed by atoms with E-state index in [0.29, 0.717) is 11.6 Å². The van der Waals surface area contributed by atoms with Crippen molar-refractivity contribution in [1.29, 1.82) is 0 Å². The van der Waals surface area contributed by atoms with Crippen LogP contribution in [0.5, 0.6) is 0 Å². The maximum absolute atomic E-state index is 12.2. The van der Waals surface area contributed by atoms with Gasteiger partial charge in [-0.3, -0.25) is 9.59 Å². The van der Waals surface area contributed by atoms with Gasteiger partial charge >= 0.3 is 0 Å². The first-order chi connectivity index (χ1) is 11.0. The summed E-state index contributed by atoms with van der Waals surface area (Å²) in [6.07, 6.45) is 4.40. The Morgan fingerprint density at radius 3 is 2.35 bits per heavy atom. The first-order valence-corrected chi connectivity index (χ1v) is 8.29. The lowest BCUT2D eigenvalue weighted by Gasteiger charge is -2.29. The molecule has 2 aliphatic carbocycles. The Balaban J connectivity index is 1.44. The number of hydrogen-bond acceptors (Lipinski definition) is 5. The minimum atomic E-state index is -0.986. The van der Waals surface area contributed by atoms with Gasteiger partial charge in [-0.1, -0.05) is 5.16 Å². The molecular weight excluding hydrogens is 298 g/mol. The fourth-order valence-corrected chi connectivity index (χ4v) is 2.92. The molecule has 7 nitrogen and oxygen atoms in total. The van der Waals surface area contributed by atoms with Crippen molar-refractivity contribution < 1.29 is 19.2 Å². The third kappa shape index (κ3) is 4.10. The van der Waals surface area contributed by atoms with Crippen molar-refractivity contribution in [1.82, 2.24) is 15.8 Å². The first kappa shape index (κ1) is 16.0. The Labute approximate surface area is 134 Å². The average Bonchev–Trinajstić information content (AvgIpc) is 3.26. The molecule has 1 heterocycles. The van der Waals surface area contributed by atoms with Gasteiger partial charge in [-0.05, 0) is 45.4 Å². The highest BCUT2D eigenvalue weighted by molar-refractivity contribution is 5.92. The number of nitrogens with one attached hydrogen (secondary N) is 2. The molecule has 2 aliphatic rings. The van der Waals surface area contributed by atoms with E-state index in [1.165, 1.54) is 6.92 Å². The smallest absolute Gasteiger partial charge is 0.273 e. The summed E-state index contributed by atoms with van der Waals surface area (Å²) in [5.74, 6) is 0.710. The second-order valence-electron chi connectivity index (χ2n) is 6.60. The van der Waals surface area contributed by atoms with Crippen LogP contribution >= 0.6 is 0 Å². The molecule has 1 aromatic rings. The normalized spacial score (nSPS) is 25.7. The SMILES string of the molecule is CC(O)C(=O)NC1CCC(NC(=O)c2cc(C3CC3)on2)CC1. The molecule has 3 rings (SSSR count). The summed E-state index contributed by atoms with van der Waals surface area (Å²) in [7, 11) is 0. The van der Waals surface area contributed by atoms with Crippen LogP contribution in [0.25, 0.3) is 0 Å². The molecule has 2 amide bonds. The van der Waals surface area contributed by atoms with E-state index in [1.54, 1.807) is 6.07 Å². The summed E-state index contributed by atoms with van der Waals surface area (Å²) >= 11 is 0. The van der Waals surface area contributed by atoms with Gasteiger partial charge in [0.25, 0.3) is 5.91 Å². The van der Waals surface area contributed by atoms with Crippen molar-refractivity contribution in [3.05, 3.63) is 17.5 Å². The van der Waals surface area contributed by atoms with Crippen LogP contribution < -0.4 is 10.6 Å². The molecule has 0 spiro atoms. The quantitative estimate of drug-likeness (QED) is 0.753. The van der Waals surface area contributed by atoms with Gasteiger partial charge in [0.15, 0.2) is 5.69 Å². The number of rotatable bonds is 5. The molecule has 7 heteroatoms. The van der Waals surface area contributed by atoms with Crippen LogP contribution in [0.4, 0.5) is 0 Å². The predicted molar refractivity (Wildman–Crippen MR) is 81.8 cm³/mol. The number of aromatic nitrogens is 1. The molecular formula is C16H23N3O4. The Morgan fingerprint density at radius 1 is 1.17 bits per heavy atom. The number of carbonyl (C=O) groups is 2. The lowest BCUT2D eigenvalue weighted by Crippen LogP contribution is -2.46. The van der Waals surface area contributed by atoms with Crippen LogP contribution in [0.2, 0.25) is 0 Å². The lowest BCUT2D eigenvalue weighted by atomic mass is 9.91. The van der Waals surface area contributed by atoms with Crippen LogP contribution in [0.3, 0.4) is 0 Å². The maximum atomic E-state index is 12.2. The Morgan fingerprint density at radius 2 is 1.78 bits per heavy atom. The van der Waals surface area contributed by atoms with Gasteiger partial charge in [0.1, 0.15) is 11.9 Å². The van der Waals surface area contributed by atoms with Crippen LogP contribution in [0.1, 0.15) is 67.6 Å². The summed E-state index contributed by atoms with van der Waals surface area (Å²) in [5, 5.41) is 18.9. The number of hydrogen-bond donors (Lipinski definition) is 3. The van der Waals surface area contributed by atoms with Gasteiger partial charge in [0, 0.05) is 24.1 Å². The molecule has 23 heavy (non-hydrogen) atoms. The van der Waals surface area contributed by atoms with Gasteiger partial charge in [-0.15, -0.1) is 0 Å². The van der Waals surface area contributed by atoms with Gasteiger partial charge in [-0.2, -0.15) is 0 Å². The molecule has 0 aliphatic heterocycles. The van der Waals surface area contributed by atoms with Crippen LogP contribution in [-0.2, 0) is 4.79 Å². The second kappa shape index (κ2) is 6.70. The number of carbonyl (C=O) groups excluding carboxylic acids is 2. The number of amides is 2. The van der Waals surface area contributed by atoms with Crippen molar-refractivity contribution in [3.8, 4) is 0 Å². The molecule has 126 valence electrons. The van der Waals surface area contributed by atoms with Crippen LogP contribution in [0, 0.1) is 0 Å². The Bertz CT molecular complexity index is 572. The second-order valence-corrected chi connectivity index (χ2v) is 6.60. The molecule has 3 N–H and O–H groups in total. The minimum absolute atomic E-state index is 0.0683. The van der Waals surface area contributed by atoms with E-state index in [9.17, 15) is 14.7 Å². The van der Waals surface area contributed by atoms with Crippen molar-refractivity contribution in [2.24, 2.45) is 0 Å². The van der Waals surface area contributed by atoms with E-state index in [4.69, 9.17) is 4.52 Å². The highest BCUT2D eigenvalue weighted by Crippen LogP contribution is 2.40. The molecule has 1 aromatic heterocycles. The third-order valence-electron chi connectivity index (χ3n) is 4.53. The fraction of sp³-hybridized carbons (Fsp3) is 0.688. The highest BCUT2D eigenvalue weighted by atomic mass is 16.5. The van der Waals surface area contributed by atoms with Gasteiger partial charge in [0.05, 0.1) is 0 Å². The van der Waals surface area contributed by atoms with Gasteiger partial charge in [0.2, 0.25) is 5.91 Å². The third-order valence-corrected chi connectivity index (χ3v) is 4.53. The van der Waals surface area contributed by atoms with E-state index in [-0.39, 0.29) is 23.9 Å². The van der Waals surface area contributed by atoms with Crippen molar-refractivity contribution >= 4 is 11.8 Å². The zero-order valence-corrected chi connectivity index (χ0v) is 13.2. The minimum Gasteiger partial charge on any atom is -0.384 e. The first-order valence-electron chi connectivity index (χ1n) is 8.29. The van der Waals surface area contributed by atoms with Crippen molar-refractivity contribution in [3.63, 3.8) is 0 Å². The monoisotopic (exact) mass is 321 g/mol. The number of aliphatic hydroxyl groups excluding tert-OH is 1. The van der Waals surface area contributed by atoms with Crippen molar-refractivity contribution in [2.45, 2.75) is 69.6 Å². The predicted octanol–water partition coefficient (Wildman–Crippen LogP) is 1.09. The molecule has 2 fully saturated rings. The number of nitrogens with zero attached hydrogens (tertiary/aromatic N) is 1. The zero-order valence-electron chi connectivity index (χ0n) is 13.2. The average molecular weight is 321 g/mol. The molecule has 0 aromatic carbocycles. The van der Waals surface area contributed by atoms with Crippen molar-refractivity contribution in [2.75, 3.05) is 0 Å². The van der Waals surface area contributed by atoms with Gasteiger partial charge in [-0.25, -0.2) is 0 Å². The lowest BCUT2D eigenvalue weighted by molar-refractivity contribution is -0.129. The highest BCUT2D eigenvalue weighted by Gasteiger charge is 2.30. The molecule has 2 saturated carbocycles. The zero-order chi connectivity index (χ0) is 16.4. The molecule has 0 bridgehead atoms. The van der Waals surface area contributed by atoms with E-state index in [2.05, 4.69) is 15.8 Å². The van der Waals surface area contributed by atoms with E-state index < -0.39 is 6.10 Å².